The van der Waals surface area contributed by atoms with Gasteiger partial charge < -0.3 is 14.2 Å². The number of epoxide rings is 1. The van der Waals surface area contributed by atoms with E-state index in [0.717, 1.165) is 25.4 Å². The Morgan fingerprint density at radius 1 is 1.22 bits per heavy atom. The molecule has 0 aromatic heterocycles. The first kappa shape index (κ1) is 16.9. The van der Waals surface area contributed by atoms with Crippen molar-refractivity contribution in [2.45, 2.75) is 70.4 Å². The van der Waals surface area contributed by atoms with Crippen molar-refractivity contribution in [1.29, 1.82) is 0 Å². The molecule has 0 N–H and O–H groups in total. The van der Waals surface area contributed by atoms with Gasteiger partial charge in [0.05, 0.1) is 13.2 Å². The summed E-state index contributed by atoms with van der Waals surface area (Å²) in [5.74, 6) is 2.36. The van der Waals surface area contributed by atoms with E-state index >= 15 is 0 Å². The Labute approximate surface area is 161 Å². The van der Waals surface area contributed by atoms with Gasteiger partial charge in [-0.15, -0.1) is 0 Å². The fourth-order valence-corrected chi connectivity index (χ4v) is 7.25. The summed E-state index contributed by atoms with van der Waals surface area (Å²) in [7, 11) is 0. The summed E-state index contributed by atoms with van der Waals surface area (Å²) in [4.78, 5) is 11.9. The van der Waals surface area contributed by atoms with Gasteiger partial charge >= 0.3 is 0 Å². The molecule has 2 aliphatic heterocycles. The maximum Gasteiger partial charge on any atom is 0.187 e. The lowest BCUT2D eigenvalue weighted by Crippen LogP contribution is -2.50. The van der Waals surface area contributed by atoms with Crippen molar-refractivity contribution in [3.05, 3.63) is 23.8 Å². The van der Waals surface area contributed by atoms with E-state index in [1.54, 1.807) is 0 Å². The Morgan fingerprint density at radius 2 is 2.15 bits per heavy atom. The Kier molecular flexibility index (Phi) is 3.62. The van der Waals surface area contributed by atoms with E-state index in [1.165, 1.54) is 37.7 Å². The Balaban J connectivity index is 1.25. The van der Waals surface area contributed by atoms with E-state index in [9.17, 15) is 4.79 Å². The highest BCUT2D eigenvalue weighted by molar-refractivity contribution is 5.92. The molecule has 0 radical (unpaired) electrons. The van der Waals surface area contributed by atoms with Gasteiger partial charge in [-0.2, -0.15) is 0 Å². The molecule has 4 heteroatoms. The van der Waals surface area contributed by atoms with Crippen molar-refractivity contribution in [2.75, 3.05) is 13.2 Å². The Morgan fingerprint density at radius 3 is 2.96 bits per heavy atom. The smallest absolute Gasteiger partial charge is 0.187 e. The van der Waals surface area contributed by atoms with Crippen LogP contribution in [0.2, 0.25) is 0 Å². The molecule has 0 spiro atoms. The summed E-state index contributed by atoms with van der Waals surface area (Å²) in [6.07, 6.45) is 15.3. The zero-order valence-corrected chi connectivity index (χ0v) is 16.2. The molecule has 8 atom stereocenters. The second kappa shape index (κ2) is 5.77. The van der Waals surface area contributed by atoms with Gasteiger partial charge in [-0.3, -0.25) is 4.79 Å². The monoisotopic (exact) mass is 370 g/mol. The molecule has 4 fully saturated rings. The van der Waals surface area contributed by atoms with Gasteiger partial charge in [0.15, 0.2) is 12.1 Å². The van der Waals surface area contributed by atoms with Crippen molar-refractivity contribution < 1.29 is 19.0 Å². The highest BCUT2D eigenvalue weighted by Gasteiger charge is 2.58. The molecule has 0 amide bonds. The molecule has 27 heavy (non-hydrogen) atoms. The molecule has 0 aromatic carbocycles. The van der Waals surface area contributed by atoms with Crippen LogP contribution in [-0.4, -0.2) is 37.5 Å². The molecule has 2 saturated carbocycles. The lowest BCUT2D eigenvalue weighted by atomic mass is 9.49. The van der Waals surface area contributed by atoms with Gasteiger partial charge in [0.25, 0.3) is 0 Å². The van der Waals surface area contributed by atoms with Gasteiger partial charge in [-0.05, 0) is 72.3 Å². The fraction of sp³-hybridized carbons (Fsp3) is 0.783. The summed E-state index contributed by atoms with van der Waals surface area (Å²) < 4.78 is 17.4. The second-order valence-electron chi connectivity index (χ2n) is 10.1. The topological polar surface area (TPSA) is 48.1 Å². The molecular weight excluding hydrogens is 340 g/mol. The third-order valence-electron chi connectivity index (χ3n) is 8.90. The largest absolute Gasteiger partial charge is 0.372 e. The number of carbonyl (C=O) groups is 1. The Bertz CT molecular complexity index is 726. The average Bonchev–Trinajstić information content (AvgIpc) is 3.13. The molecule has 6 rings (SSSR count). The van der Waals surface area contributed by atoms with Crippen LogP contribution in [0.5, 0.6) is 0 Å². The molecule has 6 aliphatic rings. The van der Waals surface area contributed by atoms with Crippen LogP contribution in [0.15, 0.2) is 23.8 Å². The fourth-order valence-electron chi connectivity index (χ4n) is 7.25. The SMILES string of the molecule is C[C@]12CCC(=O)C=C1C=C[C@H]1[C@@H]3CCC[C@@]3(COC3CO[C@H]4OC34)CC[C@@H]12. The van der Waals surface area contributed by atoms with Crippen molar-refractivity contribution in [3.8, 4) is 0 Å². The van der Waals surface area contributed by atoms with E-state index in [1.807, 2.05) is 6.08 Å². The van der Waals surface area contributed by atoms with Crippen LogP contribution in [0, 0.1) is 28.6 Å². The van der Waals surface area contributed by atoms with Crippen LogP contribution < -0.4 is 0 Å². The molecular formula is C23H30O4. The van der Waals surface area contributed by atoms with E-state index < -0.39 is 0 Å². The minimum absolute atomic E-state index is 0.0167. The van der Waals surface area contributed by atoms with Crippen molar-refractivity contribution in [2.24, 2.45) is 28.6 Å². The standard InChI is InChI=1S/C23H30O4/c1-22-9-6-15(24)11-14(22)4-5-16-17(22)7-10-23(8-2-3-18(16)23)13-26-19-12-25-21-20(19)27-21/h4-5,11,16-21H,2-3,6-10,12-13H2,1H3/t16-,17+,18+,19?,20?,21+,22+,23+/m1/s1. The number of allylic oxidation sites excluding steroid dienone is 4. The molecule has 4 aliphatic carbocycles. The van der Waals surface area contributed by atoms with Gasteiger partial charge in [0.2, 0.25) is 0 Å². The third-order valence-corrected chi connectivity index (χ3v) is 8.90. The van der Waals surface area contributed by atoms with Gasteiger partial charge in [0, 0.05) is 6.42 Å². The number of hydrogen-bond donors (Lipinski definition) is 0. The van der Waals surface area contributed by atoms with E-state index in [2.05, 4.69) is 19.1 Å². The molecule has 146 valence electrons. The summed E-state index contributed by atoms with van der Waals surface area (Å²) in [5, 5.41) is 0. The van der Waals surface area contributed by atoms with Crippen LogP contribution in [0.4, 0.5) is 0 Å². The predicted molar refractivity (Wildman–Crippen MR) is 99.9 cm³/mol. The molecule has 2 saturated heterocycles. The quantitative estimate of drug-likeness (QED) is 0.709. The molecule has 0 aromatic rings. The Hall–Kier alpha value is -0.970. The number of fused-ring (bicyclic) bond motifs is 6. The van der Waals surface area contributed by atoms with Crippen molar-refractivity contribution in [1.82, 2.24) is 0 Å². The number of carbonyl (C=O) groups excluding carboxylic acids is 1. The zero-order chi connectivity index (χ0) is 18.2. The minimum Gasteiger partial charge on any atom is -0.372 e. The molecule has 0 bridgehead atoms. The van der Waals surface area contributed by atoms with Crippen molar-refractivity contribution >= 4 is 5.78 Å². The van der Waals surface area contributed by atoms with E-state index in [-0.39, 0.29) is 23.9 Å². The minimum atomic E-state index is 0.0167. The summed E-state index contributed by atoms with van der Waals surface area (Å²) >= 11 is 0. The molecule has 2 heterocycles. The summed E-state index contributed by atoms with van der Waals surface area (Å²) in [5.41, 5.74) is 1.82. The van der Waals surface area contributed by atoms with Gasteiger partial charge in [-0.1, -0.05) is 25.5 Å². The lowest BCUT2D eigenvalue weighted by molar-refractivity contribution is -0.117. The average molecular weight is 370 g/mol. The number of hydrogen-bond acceptors (Lipinski definition) is 4. The van der Waals surface area contributed by atoms with Crippen molar-refractivity contribution in [3.63, 3.8) is 0 Å². The highest BCUT2D eigenvalue weighted by Crippen LogP contribution is 2.63. The number of rotatable bonds is 3. The van der Waals surface area contributed by atoms with E-state index in [4.69, 9.17) is 14.2 Å². The zero-order valence-electron chi connectivity index (χ0n) is 16.2. The normalized spacial score (nSPS) is 52.6. The van der Waals surface area contributed by atoms with Crippen LogP contribution in [0.1, 0.15) is 51.9 Å². The number of ketones is 1. The predicted octanol–water partition coefficient (Wildman–Crippen LogP) is 3.80. The first-order valence-electron chi connectivity index (χ1n) is 10.9. The summed E-state index contributed by atoms with van der Waals surface area (Å²) in [6.45, 7) is 3.99. The van der Waals surface area contributed by atoms with E-state index in [0.29, 0.717) is 29.6 Å². The van der Waals surface area contributed by atoms with Crippen LogP contribution in [0.3, 0.4) is 0 Å². The first-order valence-corrected chi connectivity index (χ1v) is 10.9. The van der Waals surface area contributed by atoms with Gasteiger partial charge in [0.1, 0.15) is 12.2 Å². The maximum absolute atomic E-state index is 11.9. The maximum atomic E-state index is 11.9. The van der Waals surface area contributed by atoms with Crippen LogP contribution >= 0.6 is 0 Å². The third kappa shape index (κ3) is 2.42. The first-order chi connectivity index (χ1) is 13.1. The lowest BCUT2D eigenvalue weighted by Gasteiger charge is -2.55. The van der Waals surface area contributed by atoms with Gasteiger partial charge in [-0.25, -0.2) is 0 Å². The molecule has 2 unspecified atom stereocenters. The second-order valence-corrected chi connectivity index (χ2v) is 10.1. The van der Waals surface area contributed by atoms with Crippen LogP contribution in [-0.2, 0) is 19.0 Å². The summed E-state index contributed by atoms with van der Waals surface area (Å²) in [6, 6.07) is 0. The number of ether oxygens (including phenoxy) is 3. The highest BCUT2D eigenvalue weighted by atomic mass is 16.8. The van der Waals surface area contributed by atoms with Crippen LogP contribution in [0.25, 0.3) is 0 Å². The molecule has 4 nitrogen and oxygen atoms in total.